The Hall–Kier alpha value is -3.02. The zero-order valence-electron chi connectivity index (χ0n) is 12.0. The summed E-state index contributed by atoms with van der Waals surface area (Å²) in [6.07, 6.45) is 3.55. The fourth-order valence-corrected chi connectivity index (χ4v) is 2.12. The summed E-state index contributed by atoms with van der Waals surface area (Å²) in [4.78, 5) is 12.1. The Morgan fingerprint density at radius 1 is 1.09 bits per heavy atom. The maximum absolute atomic E-state index is 13.1. The van der Waals surface area contributed by atoms with Crippen molar-refractivity contribution in [3.63, 3.8) is 0 Å². The highest BCUT2D eigenvalue weighted by Gasteiger charge is 2.08. The Labute approximate surface area is 131 Å². The van der Waals surface area contributed by atoms with Gasteiger partial charge in [0.1, 0.15) is 0 Å². The molecule has 0 fully saturated rings. The zero-order chi connectivity index (χ0) is 16.2. The van der Waals surface area contributed by atoms with Crippen LogP contribution in [0.4, 0.5) is 14.5 Å². The number of amides is 1. The van der Waals surface area contributed by atoms with Crippen LogP contribution in [0.1, 0.15) is 15.9 Å². The lowest BCUT2D eigenvalue weighted by molar-refractivity contribution is 0.102. The molecular formula is C17H13F2N3O. The summed E-state index contributed by atoms with van der Waals surface area (Å²) in [5, 5.41) is 6.64. The average Bonchev–Trinajstić information content (AvgIpc) is 3.04. The SMILES string of the molecule is O=C(Nc1ccc(F)c(F)c1)c1ccc(Cn2cccn2)cc1. The summed E-state index contributed by atoms with van der Waals surface area (Å²) < 4.78 is 27.8. The summed E-state index contributed by atoms with van der Waals surface area (Å²) in [6, 6.07) is 12.1. The Balaban J connectivity index is 1.68. The third-order valence-electron chi connectivity index (χ3n) is 3.30. The third-order valence-corrected chi connectivity index (χ3v) is 3.30. The van der Waals surface area contributed by atoms with Crippen molar-refractivity contribution in [3.8, 4) is 0 Å². The molecule has 0 aliphatic carbocycles. The number of carbonyl (C=O) groups excluding carboxylic acids is 1. The quantitative estimate of drug-likeness (QED) is 0.802. The number of carbonyl (C=O) groups is 1. The van der Waals surface area contributed by atoms with Crippen LogP contribution in [0.5, 0.6) is 0 Å². The Kier molecular flexibility index (Phi) is 4.14. The van der Waals surface area contributed by atoms with E-state index in [1.807, 2.05) is 24.4 Å². The molecule has 6 heteroatoms. The van der Waals surface area contributed by atoms with Gasteiger partial charge in [-0.1, -0.05) is 12.1 Å². The molecule has 1 aromatic heterocycles. The van der Waals surface area contributed by atoms with Crippen LogP contribution in [0.15, 0.2) is 60.9 Å². The van der Waals surface area contributed by atoms with Gasteiger partial charge in [0, 0.05) is 29.7 Å². The van der Waals surface area contributed by atoms with Crippen LogP contribution in [0.2, 0.25) is 0 Å². The first-order valence-electron chi connectivity index (χ1n) is 6.94. The number of rotatable bonds is 4. The molecule has 0 radical (unpaired) electrons. The van der Waals surface area contributed by atoms with E-state index < -0.39 is 11.6 Å². The number of nitrogens with zero attached hydrogens (tertiary/aromatic N) is 2. The summed E-state index contributed by atoms with van der Waals surface area (Å²) in [5.41, 5.74) is 1.63. The second-order valence-electron chi connectivity index (χ2n) is 4.98. The normalized spacial score (nSPS) is 10.5. The van der Waals surface area contributed by atoms with Crippen molar-refractivity contribution in [2.45, 2.75) is 6.54 Å². The van der Waals surface area contributed by atoms with E-state index in [1.165, 1.54) is 6.07 Å². The molecule has 1 amide bonds. The molecule has 2 aromatic carbocycles. The second kappa shape index (κ2) is 6.39. The highest BCUT2D eigenvalue weighted by atomic mass is 19.2. The summed E-state index contributed by atoms with van der Waals surface area (Å²) in [6.45, 7) is 0.609. The van der Waals surface area contributed by atoms with Crippen LogP contribution >= 0.6 is 0 Å². The van der Waals surface area contributed by atoms with Gasteiger partial charge in [-0.05, 0) is 35.9 Å². The fourth-order valence-electron chi connectivity index (χ4n) is 2.12. The molecule has 4 nitrogen and oxygen atoms in total. The predicted octanol–water partition coefficient (Wildman–Crippen LogP) is 3.46. The molecule has 0 unspecified atom stereocenters. The molecule has 1 heterocycles. The number of hydrogen-bond donors (Lipinski definition) is 1. The van der Waals surface area contributed by atoms with Crippen LogP contribution in [0, 0.1) is 11.6 Å². The van der Waals surface area contributed by atoms with Crippen molar-refractivity contribution in [2.75, 3.05) is 5.32 Å². The molecule has 0 aliphatic rings. The number of aromatic nitrogens is 2. The number of hydrogen-bond acceptors (Lipinski definition) is 2. The summed E-state index contributed by atoms with van der Waals surface area (Å²) >= 11 is 0. The van der Waals surface area contributed by atoms with Gasteiger partial charge in [-0.3, -0.25) is 9.48 Å². The van der Waals surface area contributed by atoms with Crippen molar-refractivity contribution in [3.05, 3.63) is 83.7 Å². The number of halogens is 2. The first kappa shape index (κ1) is 14.9. The minimum Gasteiger partial charge on any atom is -0.322 e. The maximum atomic E-state index is 13.1. The molecule has 1 N–H and O–H groups in total. The van der Waals surface area contributed by atoms with E-state index in [4.69, 9.17) is 0 Å². The molecule has 0 atom stereocenters. The van der Waals surface area contributed by atoms with E-state index in [9.17, 15) is 13.6 Å². The lowest BCUT2D eigenvalue weighted by Crippen LogP contribution is -2.12. The predicted molar refractivity (Wildman–Crippen MR) is 82.1 cm³/mol. The van der Waals surface area contributed by atoms with Crippen LogP contribution in [-0.2, 0) is 6.54 Å². The first-order chi connectivity index (χ1) is 11.1. The highest BCUT2D eigenvalue weighted by Crippen LogP contribution is 2.15. The van der Waals surface area contributed by atoms with Gasteiger partial charge in [0.25, 0.3) is 5.91 Å². The summed E-state index contributed by atoms with van der Waals surface area (Å²) in [7, 11) is 0. The van der Waals surface area contributed by atoms with E-state index in [1.54, 1.807) is 23.0 Å². The van der Waals surface area contributed by atoms with Gasteiger partial charge in [-0.15, -0.1) is 0 Å². The minimum atomic E-state index is -1.00. The lowest BCUT2D eigenvalue weighted by atomic mass is 10.1. The van der Waals surface area contributed by atoms with Crippen molar-refractivity contribution in [2.24, 2.45) is 0 Å². The van der Waals surface area contributed by atoms with E-state index in [-0.39, 0.29) is 11.6 Å². The molecule has 0 bridgehead atoms. The van der Waals surface area contributed by atoms with E-state index in [2.05, 4.69) is 10.4 Å². The molecule has 116 valence electrons. The van der Waals surface area contributed by atoms with Gasteiger partial charge in [0.05, 0.1) is 6.54 Å². The van der Waals surface area contributed by atoms with Crippen LogP contribution in [0.25, 0.3) is 0 Å². The number of nitrogens with one attached hydrogen (secondary N) is 1. The van der Waals surface area contributed by atoms with Gasteiger partial charge < -0.3 is 5.32 Å². The number of anilines is 1. The summed E-state index contributed by atoms with van der Waals surface area (Å²) in [5.74, 6) is -2.34. The zero-order valence-corrected chi connectivity index (χ0v) is 12.0. The Morgan fingerprint density at radius 2 is 1.87 bits per heavy atom. The van der Waals surface area contributed by atoms with E-state index in [0.29, 0.717) is 12.1 Å². The minimum absolute atomic E-state index is 0.203. The Bertz CT molecular complexity index is 814. The molecule has 0 aliphatic heterocycles. The maximum Gasteiger partial charge on any atom is 0.255 e. The molecule has 0 saturated heterocycles. The second-order valence-corrected chi connectivity index (χ2v) is 4.98. The third kappa shape index (κ3) is 3.60. The monoisotopic (exact) mass is 313 g/mol. The average molecular weight is 313 g/mol. The van der Waals surface area contributed by atoms with Crippen LogP contribution in [0.3, 0.4) is 0 Å². The van der Waals surface area contributed by atoms with Crippen molar-refractivity contribution >= 4 is 11.6 Å². The molecular weight excluding hydrogens is 300 g/mol. The number of benzene rings is 2. The molecule has 3 rings (SSSR count). The lowest BCUT2D eigenvalue weighted by Gasteiger charge is -2.07. The molecule has 3 aromatic rings. The molecule has 0 saturated carbocycles. The van der Waals surface area contributed by atoms with Gasteiger partial charge >= 0.3 is 0 Å². The Morgan fingerprint density at radius 3 is 2.52 bits per heavy atom. The van der Waals surface area contributed by atoms with Crippen LogP contribution < -0.4 is 5.32 Å². The van der Waals surface area contributed by atoms with E-state index in [0.717, 1.165) is 17.7 Å². The van der Waals surface area contributed by atoms with Gasteiger partial charge in [-0.2, -0.15) is 5.10 Å². The first-order valence-corrected chi connectivity index (χ1v) is 6.94. The largest absolute Gasteiger partial charge is 0.322 e. The molecule has 23 heavy (non-hydrogen) atoms. The van der Waals surface area contributed by atoms with Gasteiger partial charge in [-0.25, -0.2) is 8.78 Å². The van der Waals surface area contributed by atoms with Crippen LogP contribution in [-0.4, -0.2) is 15.7 Å². The van der Waals surface area contributed by atoms with E-state index >= 15 is 0 Å². The van der Waals surface area contributed by atoms with Gasteiger partial charge in [0.15, 0.2) is 11.6 Å². The standard InChI is InChI=1S/C17H13F2N3O/c18-15-7-6-14(10-16(15)19)21-17(23)13-4-2-12(3-5-13)11-22-9-1-8-20-22/h1-10H,11H2,(H,21,23). The van der Waals surface area contributed by atoms with Crippen molar-refractivity contribution in [1.82, 2.24) is 9.78 Å². The van der Waals surface area contributed by atoms with Gasteiger partial charge in [0.2, 0.25) is 0 Å². The van der Waals surface area contributed by atoms with Crippen molar-refractivity contribution in [1.29, 1.82) is 0 Å². The molecule has 0 spiro atoms. The topological polar surface area (TPSA) is 46.9 Å². The van der Waals surface area contributed by atoms with Crippen molar-refractivity contribution < 1.29 is 13.6 Å². The smallest absolute Gasteiger partial charge is 0.255 e. The highest BCUT2D eigenvalue weighted by molar-refractivity contribution is 6.04. The fraction of sp³-hybridized carbons (Fsp3) is 0.0588.